The van der Waals surface area contributed by atoms with E-state index in [2.05, 4.69) is 24.0 Å². The molecule has 4 N–H and O–H groups in total. The third-order valence-electron chi connectivity index (χ3n) is 5.33. The number of nitrogens with two attached hydrogens (primary N) is 1. The third kappa shape index (κ3) is 3.04. The van der Waals surface area contributed by atoms with Crippen LogP contribution in [0.25, 0.3) is 22.0 Å². The highest BCUT2D eigenvalue weighted by Gasteiger charge is 2.24. The van der Waals surface area contributed by atoms with E-state index in [0.29, 0.717) is 23.0 Å². The summed E-state index contributed by atoms with van der Waals surface area (Å²) in [5.41, 5.74) is 10.1. The van der Waals surface area contributed by atoms with Crippen LogP contribution in [0.5, 0.6) is 5.75 Å². The molecule has 0 spiro atoms. The van der Waals surface area contributed by atoms with E-state index in [9.17, 15) is 9.90 Å². The highest BCUT2D eigenvalue weighted by atomic mass is 35.5. The normalized spacial score (nSPS) is 14.5. The number of aromatic amines is 1. The number of H-pyrrole nitrogens is 1. The van der Waals surface area contributed by atoms with Crippen molar-refractivity contribution in [2.24, 2.45) is 5.73 Å². The van der Waals surface area contributed by atoms with Gasteiger partial charge in [-0.2, -0.15) is 0 Å². The number of aromatic nitrogens is 1. The summed E-state index contributed by atoms with van der Waals surface area (Å²) in [5.74, 6) is 1.31. The predicted octanol–water partition coefficient (Wildman–Crippen LogP) is 4.65. The van der Waals surface area contributed by atoms with Crippen LogP contribution >= 0.6 is 23.4 Å². The van der Waals surface area contributed by atoms with Gasteiger partial charge < -0.3 is 15.8 Å². The topological polar surface area (TPSA) is 79.1 Å². The number of aryl methyl sites for hydroxylation is 1. The maximum Gasteiger partial charge on any atom is 0.262 e. The fourth-order valence-electron chi connectivity index (χ4n) is 3.88. The van der Waals surface area contributed by atoms with E-state index in [1.165, 1.54) is 11.6 Å². The molecule has 2 aromatic carbocycles. The van der Waals surface area contributed by atoms with E-state index >= 15 is 0 Å². The molecule has 0 amide bonds. The van der Waals surface area contributed by atoms with Crippen LogP contribution in [0.3, 0.4) is 0 Å². The van der Waals surface area contributed by atoms with Crippen LogP contribution in [0, 0.1) is 0 Å². The Bertz CT molecular complexity index is 1070. The molecule has 27 heavy (non-hydrogen) atoms. The average molecular weight is 401 g/mol. The van der Waals surface area contributed by atoms with Crippen LogP contribution in [0.4, 0.5) is 0 Å². The van der Waals surface area contributed by atoms with Gasteiger partial charge in [0.2, 0.25) is 0 Å². The minimum atomic E-state index is -0.109. The number of nitrogens with one attached hydrogen (secondary N) is 1. The zero-order valence-corrected chi connectivity index (χ0v) is 16.6. The number of fused-ring (bicyclic) bond motifs is 3. The fraction of sp³-hybridized carbons (Fsp3) is 0.286. The van der Waals surface area contributed by atoms with Crippen molar-refractivity contribution in [1.82, 2.24) is 4.98 Å². The minimum absolute atomic E-state index is 0.109. The van der Waals surface area contributed by atoms with Crippen LogP contribution in [0.15, 0.2) is 40.0 Å². The zero-order chi connectivity index (χ0) is 19.1. The largest absolute Gasteiger partial charge is 0.507 e. The molecule has 140 valence electrons. The summed E-state index contributed by atoms with van der Waals surface area (Å²) in [6, 6.07) is 9.66. The van der Waals surface area contributed by atoms with Gasteiger partial charge in [-0.25, -0.2) is 0 Å². The van der Waals surface area contributed by atoms with Gasteiger partial charge in [0.15, 0.2) is 0 Å². The number of rotatable bonds is 4. The lowest BCUT2D eigenvalue weighted by Crippen LogP contribution is -2.11. The second-order valence-electron chi connectivity index (χ2n) is 6.83. The van der Waals surface area contributed by atoms with Crippen molar-refractivity contribution in [3.05, 3.63) is 56.8 Å². The molecule has 4 nitrogen and oxygen atoms in total. The van der Waals surface area contributed by atoms with Crippen LogP contribution in [0.2, 0.25) is 5.02 Å². The maximum atomic E-state index is 12.4. The number of pyridine rings is 1. The van der Waals surface area contributed by atoms with E-state index < -0.39 is 0 Å². The molecule has 1 atom stereocenters. The van der Waals surface area contributed by atoms with E-state index in [0.717, 1.165) is 45.6 Å². The van der Waals surface area contributed by atoms with E-state index in [-0.39, 0.29) is 11.3 Å². The number of hydrogen-bond acceptors (Lipinski definition) is 4. The Morgan fingerprint density at radius 2 is 2.07 bits per heavy atom. The summed E-state index contributed by atoms with van der Waals surface area (Å²) in [4.78, 5) is 16.0. The number of halogens is 1. The first-order valence-corrected chi connectivity index (χ1v) is 10.4. The molecule has 0 bridgehead atoms. The maximum absolute atomic E-state index is 12.4. The second kappa shape index (κ2) is 7.23. The standard InChI is InChI=1S/C21H21ClN2O2S/c1-2-11(10-23)12-3-5-13(6-4-12)17-16(25)9-15(22)19-18(17)14-7-8-27-20(14)21(26)24-19/h3-6,9,11,25H,2,7-8,10,23H2,1H3,(H,24,26)/t11-/m1/s1. The molecule has 0 fully saturated rings. The number of benzene rings is 2. The van der Waals surface area contributed by atoms with Crippen molar-refractivity contribution in [3.8, 4) is 16.9 Å². The Labute approximate surface area is 166 Å². The van der Waals surface area contributed by atoms with Gasteiger partial charge in [-0.05, 0) is 42.0 Å². The summed E-state index contributed by atoms with van der Waals surface area (Å²) in [6.45, 7) is 2.73. The fourth-order valence-corrected chi connectivity index (χ4v) is 5.20. The first kappa shape index (κ1) is 18.4. The lowest BCUT2D eigenvalue weighted by molar-refractivity contribution is 0.478. The third-order valence-corrected chi connectivity index (χ3v) is 6.75. The molecule has 0 saturated heterocycles. The zero-order valence-electron chi connectivity index (χ0n) is 15.0. The van der Waals surface area contributed by atoms with Gasteiger partial charge in [0, 0.05) is 22.8 Å². The van der Waals surface area contributed by atoms with Crippen LogP contribution < -0.4 is 11.3 Å². The van der Waals surface area contributed by atoms with Crippen molar-refractivity contribution in [2.45, 2.75) is 30.6 Å². The number of hydrogen-bond donors (Lipinski definition) is 3. The molecule has 0 unspecified atom stereocenters. The highest BCUT2D eigenvalue weighted by molar-refractivity contribution is 7.99. The monoisotopic (exact) mass is 400 g/mol. The van der Waals surface area contributed by atoms with Crippen molar-refractivity contribution in [3.63, 3.8) is 0 Å². The Morgan fingerprint density at radius 3 is 2.74 bits per heavy atom. The Morgan fingerprint density at radius 1 is 1.33 bits per heavy atom. The Balaban J connectivity index is 1.97. The van der Waals surface area contributed by atoms with E-state index in [1.807, 2.05) is 12.1 Å². The molecule has 1 aromatic heterocycles. The molecule has 0 radical (unpaired) electrons. The summed E-state index contributed by atoms with van der Waals surface area (Å²) < 4.78 is 0. The van der Waals surface area contributed by atoms with Gasteiger partial charge >= 0.3 is 0 Å². The molecule has 6 heteroatoms. The second-order valence-corrected chi connectivity index (χ2v) is 8.34. The lowest BCUT2D eigenvalue weighted by atomic mass is 9.91. The quantitative estimate of drug-likeness (QED) is 0.595. The molecule has 3 aromatic rings. The molecule has 0 saturated carbocycles. The smallest absolute Gasteiger partial charge is 0.262 e. The number of phenolic OH excluding ortho intramolecular Hbond substituents is 1. The number of phenols is 1. The first-order chi connectivity index (χ1) is 13.0. The van der Waals surface area contributed by atoms with Gasteiger partial charge in [0.05, 0.1) is 15.4 Å². The molecule has 2 heterocycles. The van der Waals surface area contributed by atoms with Gasteiger partial charge in [-0.15, -0.1) is 11.8 Å². The summed E-state index contributed by atoms with van der Waals surface area (Å²) in [5, 5.41) is 11.9. The van der Waals surface area contributed by atoms with Crippen molar-refractivity contribution in [1.29, 1.82) is 0 Å². The van der Waals surface area contributed by atoms with Crippen LogP contribution in [-0.4, -0.2) is 22.4 Å². The van der Waals surface area contributed by atoms with E-state index in [1.54, 1.807) is 11.8 Å². The van der Waals surface area contributed by atoms with E-state index in [4.69, 9.17) is 17.3 Å². The minimum Gasteiger partial charge on any atom is -0.507 e. The van der Waals surface area contributed by atoms with Crippen LogP contribution in [0.1, 0.15) is 30.4 Å². The first-order valence-electron chi connectivity index (χ1n) is 9.08. The van der Waals surface area contributed by atoms with Gasteiger partial charge in [-0.1, -0.05) is 42.8 Å². The molecule has 4 rings (SSSR count). The Hall–Kier alpha value is -1.95. The molecule has 0 aliphatic carbocycles. The van der Waals surface area contributed by atoms with Gasteiger partial charge in [0.25, 0.3) is 5.56 Å². The van der Waals surface area contributed by atoms with Gasteiger partial charge in [-0.3, -0.25) is 4.79 Å². The Kier molecular flexibility index (Phi) is 4.93. The van der Waals surface area contributed by atoms with Crippen LogP contribution in [-0.2, 0) is 6.42 Å². The van der Waals surface area contributed by atoms with Crippen molar-refractivity contribution >= 4 is 34.3 Å². The number of thioether (sulfide) groups is 1. The molecule has 1 aliphatic heterocycles. The van der Waals surface area contributed by atoms with Crippen molar-refractivity contribution in [2.75, 3.05) is 12.3 Å². The number of aromatic hydroxyl groups is 1. The van der Waals surface area contributed by atoms with Gasteiger partial charge in [0.1, 0.15) is 5.75 Å². The molecule has 1 aliphatic rings. The van der Waals surface area contributed by atoms with Crippen molar-refractivity contribution < 1.29 is 5.11 Å². The molecular weight excluding hydrogens is 380 g/mol. The predicted molar refractivity (Wildman–Crippen MR) is 113 cm³/mol. The highest BCUT2D eigenvalue weighted by Crippen LogP contribution is 2.44. The summed E-state index contributed by atoms with van der Waals surface area (Å²) in [6.07, 6.45) is 1.77. The summed E-state index contributed by atoms with van der Waals surface area (Å²) >= 11 is 7.90. The summed E-state index contributed by atoms with van der Waals surface area (Å²) in [7, 11) is 0. The SMILES string of the molecule is CC[C@H](CN)c1ccc(-c2c(O)cc(Cl)c3[nH]c(=O)c4c(c23)CCS4)cc1. The average Bonchev–Trinajstić information content (AvgIpc) is 3.15. The molecular formula is C21H21ClN2O2S. The lowest BCUT2D eigenvalue weighted by Gasteiger charge is -2.16.